The van der Waals surface area contributed by atoms with Gasteiger partial charge in [-0.2, -0.15) is 0 Å². The van der Waals surface area contributed by atoms with Gasteiger partial charge in [-0.1, -0.05) is 40.9 Å². The first-order chi connectivity index (χ1) is 15.6. The number of benzene rings is 3. The number of anilines is 1. The van der Waals surface area contributed by atoms with E-state index in [0.717, 1.165) is 11.6 Å². The van der Waals surface area contributed by atoms with E-state index in [2.05, 4.69) is 5.32 Å². The molecule has 3 nitrogen and oxygen atoms in total. The standard InChI is InChI=1S/C24H15Cl4F2NO2/c25-13-5-12(6-14(26)8-13)21-22(23(21)28)24(33)31-16-3-4-18(27)17(10-16)20(32)7-11-1-2-15(29)9-19(11)30/h1-6,8-10,21-23H,7H2,(H,31,33)/t21?,22?,23-/m1/s1. The number of hydrogen-bond acceptors (Lipinski definition) is 2. The third-order valence-corrected chi connectivity index (χ3v) is 6.71. The number of halogens is 6. The number of amides is 1. The molecule has 1 aliphatic rings. The van der Waals surface area contributed by atoms with Crippen LogP contribution in [0.1, 0.15) is 27.4 Å². The first-order valence-corrected chi connectivity index (χ1v) is 11.4. The summed E-state index contributed by atoms with van der Waals surface area (Å²) in [5.74, 6) is -3.13. The summed E-state index contributed by atoms with van der Waals surface area (Å²) in [5, 5.41) is 3.36. The van der Waals surface area contributed by atoms with E-state index < -0.39 is 28.7 Å². The van der Waals surface area contributed by atoms with E-state index in [0.29, 0.717) is 21.8 Å². The Morgan fingerprint density at radius 1 is 0.909 bits per heavy atom. The van der Waals surface area contributed by atoms with E-state index in [1.54, 1.807) is 24.3 Å². The average molecular weight is 529 g/mol. The van der Waals surface area contributed by atoms with Gasteiger partial charge < -0.3 is 5.32 Å². The van der Waals surface area contributed by atoms with E-state index in [4.69, 9.17) is 46.4 Å². The summed E-state index contributed by atoms with van der Waals surface area (Å²) >= 11 is 24.6. The number of alkyl halides is 1. The molecule has 0 aliphatic heterocycles. The van der Waals surface area contributed by atoms with Crippen LogP contribution in [0, 0.1) is 17.6 Å². The first kappa shape index (κ1) is 24.0. The van der Waals surface area contributed by atoms with Crippen molar-refractivity contribution >= 4 is 63.8 Å². The molecule has 0 saturated heterocycles. The van der Waals surface area contributed by atoms with Crippen LogP contribution in [0.2, 0.25) is 15.1 Å². The van der Waals surface area contributed by atoms with Crippen molar-refractivity contribution in [1.82, 2.24) is 0 Å². The van der Waals surface area contributed by atoms with Gasteiger partial charge in [-0.3, -0.25) is 9.59 Å². The minimum Gasteiger partial charge on any atom is -0.326 e. The van der Waals surface area contributed by atoms with Gasteiger partial charge in [0, 0.05) is 39.7 Å². The summed E-state index contributed by atoms with van der Waals surface area (Å²) in [4.78, 5) is 25.5. The molecule has 3 aromatic rings. The van der Waals surface area contributed by atoms with Crippen molar-refractivity contribution < 1.29 is 18.4 Å². The zero-order chi connectivity index (χ0) is 23.9. The lowest BCUT2D eigenvalue weighted by Gasteiger charge is -2.10. The van der Waals surface area contributed by atoms with Gasteiger partial charge in [-0.15, -0.1) is 11.6 Å². The summed E-state index contributed by atoms with van der Waals surface area (Å²) in [6, 6.07) is 12.4. The SMILES string of the molecule is O=C(Cc1ccc(F)cc1F)c1cc(NC(=O)C2C(c3cc(Cl)cc(Cl)c3)[C@H]2Cl)ccc1Cl. The molecule has 4 rings (SSSR count). The fourth-order valence-electron chi connectivity index (χ4n) is 3.72. The maximum absolute atomic E-state index is 13.9. The van der Waals surface area contributed by atoms with Crippen molar-refractivity contribution in [3.63, 3.8) is 0 Å². The summed E-state index contributed by atoms with van der Waals surface area (Å²) < 4.78 is 27.0. The highest BCUT2D eigenvalue weighted by molar-refractivity contribution is 6.35. The Balaban J connectivity index is 1.48. The molecule has 0 radical (unpaired) electrons. The number of Topliss-reactive ketones (excluding diaryl/α,β-unsaturated/α-hetero) is 1. The Morgan fingerprint density at radius 2 is 1.61 bits per heavy atom. The molecule has 2 unspecified atom stereocenters. The second-order valence-corrected chi connectivity index (χ2v) is 9.50. The molecule has 1 aliphatic carbocycles. The maximum atomic E-state index is 13.9. The molecule has 0 bridgehead atoms. The summed E-state index contributed by atoms with van der Waals surface area (Å²) in [6.07, 6.45) is -0.312. The van der Waals surface area contributed by atoms with Gasteiger partial charge >= 0.3 is 0 Å². The van der Waals surface area contributed by atoms with Crippen molar-refractivity contribution in [1.29, 1.82) is 0 Å². The van der Waals surface area contributed by atoms with Crippen LogP contribution in [-0.2, 0) is 11.2 Å². The third kappa shape index (κ3) is 5.33. The number of carbonyl (C=O) groups is 2. The lowest BCUT2D eigenvalue weighted by Crippen LogP contribution is -2.16. The topological polar surface area (TPSA) is 46.2 Å². The molecule has 33 heavy (non-hydrogen) atoms. The average Bonchev–Trinajstić information content (AvgIpc) is 3.42. The van der Waals surface area contributed by atoms with E-state index in [-0.39, 0.29) is 34.4 Å². The van der Waals surface area contributed by atoms with Gasteiger partial charge in [0.2, 0.25) is 5.91 Å². The number of hydrogen-bond donors (Lipinski definition) is 1. The van der Waals surface area contributed by atoms with Crippen LogP contribution >= 0.6 is 46.4 Å². The molecule has 1 saturated carbocycles. The fraction of sp³-hybridized carbons (Fsp3) is 0.167. The molecule has 0 heterocycles. The monoisotopic (exact) mass is 527 g/mol. The minimum atomic E-state index is -0.821. The van der Waals surface area contributed by atoms with Crippen LogP contribution in [0.4, 0.5) is 14.5 Å². The van der Waals surface area contributed by atoms with Crippen LogP contribution in [0.15, 0.2) is 54.6 Å². The van der Waals surface area contributed by atoms with Gasteiger partial charge in [-0.05, 0) is 53.6 Å². The van der Waals surface area contributed by atoms with Crippen molar-refractivity contribution in [2.75, 3.05) is 5.32 Å². The summed E-state index contributed by atoms with van der Waals surface area (Å²) in [7, 11) is 0. The number of rotatable bonds is 6. The number of ketones is 1. The Hall–Kier alpha value is -2.18. The Kier molecular flexibility index (Phi) is 6.96. The van der Waals surface area contributed by atoms with Crippen LogP contribution in [0.3, 0.4) is 0 Å². The minimum absolute atomic E-state index is 0.0397. The van der Waals surface area contributed by atoms with E-state index in [1.165, 1.54) is 18.2 Å². The van der Waals surface area contributed by atoms with Crippen LogP contribution in [-0.4, -0.2) is 17.1 Å². The predicted molar refractivity (Wildman–Crippen MR) is 127 cm³/mol. The Morgan fingerprint density at radius 3 is 2.27 bits per heavy atom. The first-order valence-electron chi connectivity index (χ1n) is 9.81. The molecular formula is C24H15Cl4F2NO2. The quantitative estimate of drug-likeness (QED) is 0.269. The zero-order valence-electron chi connectivity index (χ0n) is 16.7. The Labute approximate surface area is 208 Å². The molecule has 3 atom stereocenters. The maximum Gasteiger partial charge on any atom is 0.229 e. The third-order valence-electron chi connectivity index (χ3n) is 5.41. The number of carbonyl (C=O) groups excluding carboxylic acids is 2. The smallest absolute Gasteiger partial charge is 0.229 e. The lowest BCUT2D eigenvalue weighted by atomic mass is 10.0. The van der Waals surface area contributed by atoms with E-state index in [1.807, 2.05) is 0 Å². The molecule has 170 valence electrons. The predicted octanol–water partition coefficient (Wildman–Crippen LogP) is 7.31. The zero-order valence-corrected chi connectivity index (χ0v) is 19.7. The summed E-state index contributed by atoms with van der Waals surface area (Å²) in [6.45, 7) is 0. The van der Waals surface area contributed by atoms with Crippen LogP contribution in [0.5, 0.6) is 0 Å². The second-order valence-electron chi connectivity index (χ2n) is 7.72. The second kappa shape index (κ2) is 9.59. The van der Waals surface area contributed by atoms with Crippen molar-refractivity contribution in [3.8, 4) is 0 Å². The fourth-order valence-corrected chi connectivity index (χ4v) is 4.97. The Bertz CT molecular complexity index is 1250. The normalized spacial score (nSPS) is 19.3. The van der Waals surface area contributed by atoms with Crippen molar-refractivity contribution in [3.05, 3.63) is 98.0 Å². The summed E-state index contributed by atoms with van der Waals surface area (Å²) in [5.41, 5.74) is 1.25. The lowest BCUT2D eigenvalue weighted by molar-refractivity contribution is -0.117. The highest BCUT2D eigenvalue weighted by Gasteiger charge is 2.54. The van der Waals surface area contributed by atoms with Gasteiger partial charge in [0.15, 0.2) is 5.78 Å². The van der Waals surface area contributed by atoms with Crippen molar-refractivity contribution in [2.24, 2.45) is 5.92 Å². The van der Waals surface area contributed by atoms with Crippen LogP contribution < -0.4 is 5.32 Å². The van der Waals surface area contributed by atoms with Gasteiger partial charge in [0.1, 0.15) is 11.6 Å². The molecule has 9 heteroatoms. The van der Waals surface area contributed by atoms with Gasteiger partial charge in [-0.25, -0.2) is 8.78 Å². The molecule has 0 spiro atoms. The van der Waals surface area contributed by atoms with Gasteiger partial charge in [0.05, 0.1) is 16.3 Å². The molecule has 1 fully saturated rings. The van der Waals surface area contributed by atoms with E-state index in [9.17, 15) is 18.4 Å². The molecule has 1 amide bonds. The van der Waals surface area contributed by atoms with Gasteiger partial charge in [0.25, 0.3) is 0 Å². The largest absolute Gasteiger partial charge is 0.326 e. The molecule has 3 aromatic carbocycles. The number of nitrogens with one attached hydrogen (secondary N) is 1. The molecular weight excluding hydrogens is 514 g/mol. The van der Waals surface area contributed by atoms with E-state index >= 15 is 0 Å². The molecule has 1 N–H and O–H groups in total. The van der Waals surface area contributed by atoms with Crippen LogP contribution in [0.25, 0.3) is 0 Å². The highest BCUT2D eigenvalue weighted by atomic mass is 35.5. The highest BCUT2D eigenvalue weighted by Crippen LogP contribution is 2.53. The molecule has 0 aromatic heterocycles. The van der Waals surface area contributed by atoms with Crippen molar-refractivity contribution in [2.45, 2.75) is 17.7 Å².